The van der Waals surface area contributed by atoms with Gasteiger partial charge in [-0.1, -0.05) is 82.1 Å². The summed E-state index contributed by atoms with van der Waals surface area (Å²) in [4.78, 5) is 38.6. The molecule has 3 aromatic rings. The van der Waals surface area contributed by atoms with Gasteiger partial charge < -0.3 is 72.2 Å². The summed E-state index contributed by atoms with van der Waals surface area (Å²) in [5.41, 5.74) is -2.30. The van der Waals surface area contributed by atoms with E-state index in [0.29, 0.717) is 41.2 Å². The van der Waals surface area contributed by atoms with Gasteiger partial charge in [-0.2, -0.15) is 0 Å². The second kappa shape index (κ2) is 31.4. The fraction of sp³-hybridized carbons (Fsp3) is 0.540. The predicted octanol–water partition coefficient (Wildman–Crippen LogP) is 11.6. The number of carboxylic acid groups (broad SMARTS) is 1. The van der Waals surface area contributed by atoms with E-state index >= 15 is 4.39 Å². The molecule has 2 heterocycles. The van der Waals surface area contributed by atoms with Gasteiger partial charge in [-0.3, -0.25) is 0 Å². The molecule has 2 aliphatic rings. The van der Waals surface area contributed by atoms with Crippen LogP contribution in [0.15, 0.2) is 91.1 Å². The number of benzene rings is 3. The van der Waals surface area contributed by atoms with Crippen LogP contribution in [0.25, 0.3) is 12.2 Å². The number of hydrogen-bond donors (Lipinski definition) is 3. The molecule has 0 aromatic heterocycles. The third-order valence-electron chi connectivity index (χ3n) is 13.7. The molecule has 466 valence electrons. The lowest BCUT2D eigenvalue weighted by Crippen LogP contribution is -2.38. The number of carboxylic acids is 1. The zero-order chi connectivity index (χ0) is 62.8. The van der Waals surface area contributed by atoms with Crippen LogP contribution in [-0.4, -0.2) is 156 Å². The van der Waals surface area contributed by atoms with E-state index in [4.69, 9.17) is 56.8 Å². The largest absolute Gasteiger partial charge is 0.497 e. The smallest absolute Gasteiger partial charge is 0.342 e. The Bertz CT molecular complexity index is 2730. The summed E-state index contributed by atoms with van der Waals surface area (Å²) >= 11 is 0. The van der Waals surface area contributed by atoms with Gasteiger partial charge in [-0.05, 0) is 127 Å². The molecule has 18 nitrogen and oxygen atoms in total. The van der Waals surface area contributed by atoms with Crippen LogP contribution in [-0.2, 0) is 37.9 Å². The molecule has 0 saturated carbocycles. The van der Waals surface area contributed by atoms with Gasteiger partial charge in [0.1, 0.15) is 64.2 Å². The molecule has 3 aromatic carbocycles. The van der Waals surface area contributed by atoms with E-state index in [-0.39, 0.29) is 48.6 Å². The molecule has 0 amide bonds. The van der Waals surface area contributed by atoms with E-state index in [0.717, 1.165) is 12.1 Å². The minimum atomic E-state index is -2.02. The van der Waals surface area contributed by atoms with E-state index < -0.39 is 91.6 Å². The highest BCUT2D eigenvalue weighted by Gasteiger charge is 2.46. The summed E-state index contributed by atoms with van der Waals surface area (Å²) in [6.45, 7) is 21.2. The minimum Gasteiger partial charge on any atom is -0.497 e. The zero-order valence-electron chi connectivity index (χ0n) is 51.4. The number of rotatable bonds is 29. The highest BCUT2D eigenvalue weighted by atomic mass is 28.3. The second-order valence-electron chi connectivity index (χ2n) is 23.2. The lowest BCUT2D eigenvalue weighted by atomic mass is 9.92. The summed E-state index contributed by atoms with van der Waals surface area (Å²) in [7, 11) is 4.44. The Hall–Kier alpha value is -6.01. The maximum atomic E-state index is 15.4. The van der Waals surface area contributed by atoms with Crippen molar-refractivity contribution in [1.82, 2.24) is 0 Å². The zero-order valence-corrected chi connectivity index (χ0v) is 52.4. The quantitative estimate of drug-likeness (QED) is 0.0254. The fourth-order valence-electron chi connectivity index (χ4n) is 8.47. The summed E-state index contributed by atoms with van der Waals surface area (Å²) in [6.07, 6.45) is 6.50. The number of aromatic carboxylic acids is 1. The SMILES string of the molecule is COCOc1cc(OC)cc(/C=C/C[C@@H]2OC(C)(C)OC2C(/C=C\C(C)(F)C(C)C)OC(=O)c2ccccc2)c1C(=O)OCC[Si](C)(C)C.COCOc1cc(OC)cc(/C=C/C[C@@H]2OC(C)(C)OC2C(O)/C=C\C(C)(F)C(C)O)c1C(=O)O. The van der Waals surface area contributed by atoms with Crippen LogP contribution in [0.2, 0.25) is 25.7 Å². The summed E-state index contributed by atoms with van der Waals surface area (Å²) < 4.78 is 97.7. The van der Waals surface area contributed by atoms with Crippen LogP contribution in [0.4, 0.5) is 8.78 Å². The Morgan fingerprint density at radius 1 is 0.690 bits per heavy atom. The van der Waals surface area contributed by atoms with Gasteiger partial charge in [0.05, 0.1) is 44.7 Å². The number of carbonyl (C=O) groups excluding carboxylic acids is 2. The molecule has 7 unspecified atom stereocenters. The number of aliphatic hydroxyl groups is 2. The average Bonchev–Trinajstić information content (AvgIpc) is 3.12. The minimum absolute atomic E-state index is 0.0668. The number of esters is 2. The molecule has 9 atom stereocenters. The Labute approximate surface area is 494 Å². The Morgan fingerprint density at radius 3 is 1.65 bits per heavy atom. The highest BCUT2D eigenvalue weighted by Crippen LogP contribution is 2.38. The lowest BCUT2D eigenvalue weighted by molar-refractivity contribution is -0.153. The molecular weight excluding hydrogens is 1110 g/mol. The number of hydrogen-bond acceptors (Lipinski definition) is 17. The molecule has 5 rings (SSSR count). The monoisotopic (exact) mass is 1200 g/mol. The summed E-state index contributed by atoms with van der Waals surface area (Å²) in [5, 5.41) is 29.9. The van der Waals surface area contributed by atoms with Crippen molar-refractivity contribution in [2.75, 3.05) is 48.6 Å². The Kier molecular flexibility index (Phi) is 26.3. The van der Waals surface area contributed by atoms with Gasteiger partial charge in [0.2, 0.25) is 0 Å². The summed E-state index contributed by atoms with van der Waals surface area (Å²) in [5.74, 6) is -3.40. The molecule has 0 bridgehead atoms. The molecule has 0 radical (unpaired) electrons. The van der Waals surface area contributed by atoms with Gasteiger partial charge >= 0.3 is 17.9 Å². The molecule has 2 aliphatic heterocycles. The molecule has 84 heavy (non-hydrogen) atoms. The maximum absolute atomic E-state index is 15.4. The van der Waals surface area contributed by atoms with Gasteiger partial charge in [-0.15, -0.1) is 0 Å². The van der Waals surface area contributed by atoms with E-state index in [1.807, 2.05) is 6.08 Å². The number of alkyl halides is 2. The first-order valence-corrected chi connectivity index (χ1v) is 31.5. The topological polar surface area (TPSA) is 223 Å². The number of allylic oxidation sites excluding steroid dienone is 1. The van der Waals surface area contributed by atoms with Crippen molar-refractivity contribution in [2.45, 2.75) is 166 Å². The molecule has 21 heteroatoms. The van der Waals surface area contributed by atoms with Crippen LogP contribution < -0.4 is 18.9 Å². The van der Waals surface area contributed by atoms with Crippen molar-refractivity contribution in [3.63, 3.8) is 0 Å². The van der Waals surface area contributed by atoms with Gasteiger partial charge in [-0.25, -0.2) is 23.2 Å². The summed E-state index contributed by atoms with van der Waals surface area (Å²) in [6, 6.07) is 15.8. The normalized spacial score (nSPS) is 21.2. The van der Waals surface area contributed by atoms with Gasteiger partial charge in [0.15, 0.2) is 30.8 Å². The fourth-order valence-corrected chi connectivity index (χ4v) is 9.19. The number of methoxy groups -OCH3 is 4. The second-order valence-corrected chi connectivity index (χ2v) is 28.8. The number of carbonyl (C=O) groups is 3. The predicted molar refractivity (Wildman–Crippen MR) is 317 cm³/mol. The Morgan fingerprint density at radius 2 is 1.18 bits per heavy atom. The van der Waals surface area contributed by atoms with Crippen molar-refractivity contribution in [1.29, 1.82) is 0 Å². The van der Waals surface area contributed by atoms with Crippen LogP contribution in [0.1, 0.15) is 117 Å². The Balaban J connectivity index is 0.000000381. The van der Waals surface area contributed by atoms with Crippen molar-refractivity contribution < 1.29 is 95.3 Å². The van der Waals surface area contributed by atoms with Crippen molar-refractivity contribution in [3.8, 4) is 23.0 Å². The molecule has 2 saturated heterocycles. The van der Waals surface area contributed by atoms with Crippen molar-refractivity contribution in [3.05, 3.63) is 119 Å². The first-order valence-electron chi connectivity index (χ1n) is 27.8. The molecular formula is C63H88F2O18Si. The molecule has 2 fully saturated rings. The van der Waals surface area contributed by atoms with Gasteiger partial charge in [0, 0.05) is 34.4 Å². The van der Waals surface area contributed by atoms with Crippen LogP contribution in [0.3, 0.4) is 0 Å². The standard InChI is InChI=1S/C38H53FO9Si.C25H35FO9/c1-26(2)38(5,39)20-19-30(46-35(40)27-15-12-11-13-16-27)34-31(47-37(3,4)48-34)18-14-17-28-23-29(43-7)24-32(45-25-42-6)33(28)36(41)44-21-22-49(8,9)10;1-15(27)25(4,26)11-10-18(28)22-19(34-24(2,3)35-22)9-7-8-16-12-17(32-6)13-20(33-14-31-5)21(16)23(29)30/h11-17,19-20,23-24,26,30-31,34H,18,21-22,25H2,1-10H3;7-8,10-13,15,18-19,22,27-28H,9,14H2,1-6H3,(H,29,30)/b17-14+,20-19-;8-7+,11-10-/t30?,31-,34?,38?;15?,18?,19-,22?,25?/m00/s1. The first-order chi connectivity index (χ1) is 39.3. The molecule has 0 spiro atoms. The third kappa shape index (κ3) is 21.5. The van der Waals surface area contributed by atoms with E-state index in [1.165, 1.54) is 67.4 Å². The highest BCUT2D eigenvalue weighted by molar-refractivity contribution is 6.76. The lowest BCUT2D eigenvalue weighted by Gasteiger charge is -2.26. The molecule has 3 N–H and O–H groups in total. The van der Waals surface area contributed by atoms with Crippen LogP contribution in [0, 0.1) is 5.92 Å². The number of halogens is 2. The van der Waals surface area contributed by atoms with E-state index in [9.17, 15) is 34.1 Å². The average molecular weight is 1200 g/mol. The van der Waals surface area contributed by atoms with E-state index in [1.54, 1.807) is 114 Å². The van der Waals surface area contributed by atoms with Crippen molar-refractivity contribution in [2.24, 2.45) is 5.92 Å². The number of aliphatic hydroxyl groups excluding tert-OH is 2. The van der Waals surface area contributed by atoms with Crippen LogP contribution in [0.5, 0.6) is 23.0 Å². The van der Waals surface area contributed by atoms with Gasteiger partial charge in [0.25, 0.3) is 0 Å². The first kappa shape index (κ1) is 70.5. The van der Waals surface area contributed by atoms with E-state index in [2.05, 4.69) is 19.6 Å². The van der Waals surface area contributed by atoms with Crippen LogP contribution >= 0.6 is 0 Å². The van der Waals surface area contributed by atoms with Crippen molar-refractivity contribution >= 4 is 38.1 Å². The molecule has 0 aliphatic carbocycles. The number of ether oxygens (including phenoxy) is 12. The third-order valence-corrected chi connectivity index (χ3v) is 15.4. The maximum Gasteiger partial charge on any atom is 0.342 e.